The molecule has 1 saturated heterocycles. The average Bonchev–Trinajstić information content (AvgIpc) is 3.33. The first-order valence-electron chi connectivity index (χ1n) is 8.98. The van der Waals surface area contributed by atoms with Crippen LogP contribution in [-0.2, 0) is 10.0 Å². The lowest BCUT2D eigenvalue weighted by Gasteiger charge is -2.40. The summed E-state index contributed by atoms with van der Waals surface area (Å²) in [6, 6.07) is 8.41. The van der Waals surface area contributed by atoms with Crippen molar-refractivity contribution in [3.63, 3.8) is 0 Å². The molecule has 1 aliphatic rings. The first-order valence-corrected chi connectivity index (χ1v) is 11.3. The molecule has 4 aromatic rings. The predicted octanol–water partition coefficient (Wildman–Crippen LogP) is 2.82. The molecule has 1 aliphatic heterocycles. The van der Waals surface area contributed by atoms with Gasteiger partial charge in [0.05, 0.1) is 21.2 Å². The lowest BCUT2D eigenvalue weighted by molar-refractivity contribution is 0.467. The van der Waals surface area contributed by atoms with E-state index < -0.39 is 10.0 Å². The summed E-state index contributed by atoms with van der Waals surface area (Å²) in [6.07, 6.45) is 3.09. The van der Waals surface area contributed by atoms with Crippen LogP contribution >= 0.6 is 11.3 Å². The molecule has 0 amide bonds. The Hall–Kier alpha value is -2.82. The summed E-state index contributed by atoms with van der Waals surface area (Å²) in [6.45, 7) is 2.90. The summed E-state index contributed by atoms with van der Waals surface area (Å²) in [5, 5.41) is 1.98. The highest BCUT2D eigenvalue weighted by atomic mass is 32.2. The van der Waals surface area contributed by atoms with Gasteiger partial charge in [0.25, 0.3) is 0 Å². The van der Waals surface area contributed by atoms with Gasteiger partial charge < -0.3 is 9.32 Å². The van der Waals surface area contributed by atoms with E-state index in [1.54, 1.807) is 55.1 Å². The third-order valence-corrected chi connectivity index (χ3v) is 7.24. The van der Waals surface area contributed by atoms with Crippen molar-refractivity contribution in [2.45, 2.75) is 17.9 Å². The van der Waals surface area contributed by atoms with Crippen molar-refractivity contribution >= 4 is 37.4 Å². The molecule has 0 spiro atoms. The van der Waals surface area contributed by atoms with Crippen LogP contribution in [0.2, 0.25) is 0 Å². The van der Waals surface area contributed by atoms with E-state index in [0.717, 1.165) is 21.6 Å². The molecule has 3 aromatic heterocycles. The lowest BCUT2D eigenvalue weighted by Crippen LogP contribution is -2.59. The zero-order valence-corrected chi connectivity index (χ0v) is 17.1. The Bertz CT molecular complexity index is 1270. The molecule has 0 bridgehead atoms. The van der Waals surface area contributed by atoms with Crippen LogP contribution in [0, 0.1) is 6.92 Å². The maximum atomic E-state index is 12.7. The van der Waals surface area contributed by atoms with Gasteiger partial charge in [0.2, 0.25) is 10.0 Å². The first kappa shape index (κ1) is 18.2. The van der Waals surface area contributed by atoms with Gasteiger partial charge in [-0.2, -0.15) is 0 Å². The van der Waals surface area contributed by atoms with Crippen molar-refractivity contribution in [1.29, 1.82) is 0 Å². The smallest absolute Gasteiger partial charge is 0.240 e. The molecule has 1 N–H and O–H groups in total. The maximum Gasteiger partial charge on any atom is 0.240 e. The van der Waals surface area contributed by atoms with Crippen molar-refractivity contribution in [3.05, 3.63) is 54.2 Å². The zero-order valence-electron chi connectivity index (χ0n) is 15.4. The van der Waals surface area contributed by atoms with Gasteiger partial charge in [-0.1, -0.05) is 12.1 Å². The van der Waals surface area contributed by atoms with E-state index in [0.29, 0.717) is 24.7 Å². The Morgan fingerprint density at radius 2 is 1.97 bits per heavy atom. The van der Waals surface area contributed by atoms with Gasteiger partial charge in [0.1, 0.15) is 24.1 Å². The normalized spacial score (nSPS) is 15.0. The number of anilines is 1. The number of nitrogens with zero attached hydrogens (tertiary/aromatic N) is 4. The third kappa shape index (κ3) is 3.39. The molecular weight excluding hydrogens is 410 g/mol. The first-order chi connectivity index (χ1) is 14.0. The van der Waals surface area contributed by atoms with E-state index in [9.17, 15) is 8.42 Å². The summed E-state index contributed by atoms with van der Waals surface area (Å²) in [7, 11) is -3.60. The Morgan fingerprint density at radius 1 is 1.17 bits per heavy atom. The van der Waals surface area contributed by atoms with Gasteiger partial charge in [-0.05, 0) is 23.6 Å². The number of hydrogen-bond donors (Lipinski definition) is 1. The van der Waals surface area contributed by atoms with E-state index >= 15 is 0 Å². The minimum Gasteiger partial charge on any atom is -0.449 e. The monoisotopic (exact) mass is 427 g/mol. The van der Waals surface area contributed by atoms with Crippen molar-refractivity contribution < 1.29 is 12.8 Å². The van der Waals surface area contributed by atoms with Crippen LogP contribution < -0.4 is 9.62 Å². The molecule has 1 aromatic carbocycles. The maximum absolute atomic E-state index is 12.7. The van der Waals surface area contributed by atoms with E-state index in [1.165, 1.54) is 0 Å². The number of hydrogen-bond acceptors (Lipinski definition) is 8. The van der Waals surface area contributed by atoms with Gasteiger partial charge >= 0.3 is 0 Å². The molecule has 0 atom stereocenters. The van der Waals surface area contributed by atoms with Gasteiger partial charge in [0, 0.05) is 25.6 Å². The number of rotatable bonds is 5. The van der Waals surface area contributed by atoms with E-state index in [-0.39, 0.29) is 10.9 Å². The summed E-state index contributed by atoms with van der Waals surface area (Å²) in [5.41, 5.74) is 2.39. The number of sulfonamides is 1. The third-order valence-electron chi connectivity index (χ3n) is 4.81. The summed E-state index contributed by atoms with van der Waals surface area (Å²) < 4.78 is 34.4. The number of benzene rings is 1. The number of fused-ring (bicyclic) bond motifs is 1. The molecular formula is C19H17N5O3S2. The van der Waals surface area contributed by atoms with Crippen LogP contribution in [0.25, 0.3) is 21.5 Å². The fraction of sp³-hybridized carbons (Fsp3) is 0.211. The molecule has 5 rings (SSSR count). The van der Waals surface area contributed by atoms with Crippen molar-refractivity contribution in [3.8, 4) is 11.3 Å². The summed E-state index contributed by atoms with van der Waals surface area (Å²) >= 11 is 1.59. The molecule has 0 saturated carbocycles. The number of aromatic nitrogens is 3. The lowest BCUT2D eigenvalue weighted by atomic mass is 10.1. The van der Waals surface area contributed by atoms with E-state index in [2.05, 4.69) is 24.6 Å². The van der Waals surface area contributed by atoms with Crippen LogP contribution in [0.15, 0.2) is 57.6 Å². The quantitative estimate of drug-likeness (QED) is 0.523. The molecule has 148 valence electrons. The average molecular weight is 428 g/mol. The Morgan fingerprint density at radius 3 is 2.69 bits per heavy atom. The van der Waals surface area contributed by atoms with Crippen molar-refractivity contribution in [2.24, 2.45) is 0 Å². The van der Waals surface area contributed by atoms with Crippen LogP contribution in [-0.4, -0.2) is 42.5 Å². The van der Waals surface area contributed by atoms with Gasteiger partial charge in [-0.25, -0.2) is 28.1 Å². The summed E-state index contributed by atoms with van der Waals surface area (Å²) in [5.74, 6) is 1.42. The molecule has 1 fully saturated rings. The molecule has 0 unspecified atom stereocenters. The Kier molecular flexibility index (Phi) is 4.34. The Balaban J connectivity index is 1.27. The standard InChI is InChI=1S/C19H17N5O3S2/c1-12-22-17(10-27-12)13-2-4-15(5-3-13)29(25,26)23-14-8-24(9-14)19-18-16(6-7-28-18)20-11-21-19/h2-7,10-11,14,23H,8-9H2,1H3. The second kappa shape index (κ2) is 6.90. The molecule has 4 heterocycles. The fourth-order valence-electron chi connectivity index (χ4n) is 3.32. The van der Waals surface area contributed by atoms with Crippen molar-refractivity contribution in [1.82, 2.24) is 19.7 Å². The number of aryl methyl sites for hydroxylation is 1. The van der Waals surface area contributed by atoms with Crippen LogP contribution in [0.5, 0.6) is 0 Å². The number of nitrogens with one attached hydrogen (secondary N) is 1. The van der Waals surface area contributed by atoms with Crippen LogP contribution in [0.4, 0.5) is 5.82 Å². The number of thiophene rings is 1. The van der Waals surface area contributed by atoms with Crippen LogP contribution in [0.1, 0.15) is 5.89 Å². The zero-order chi connectivity index (χ0) is 20.0. The topological polar surface area (TPSA) is 101 Å². The molecule has 8 nitrogen and oxygen atoms in total. The minimum absolute atomic E-state index is 0.164. The molecule has 0 radical (unpaired) electrons. The SMILES string of the molecule is Cc1nc(-c2ccc(S(=O)(=O)NC3CN(c4ncnc5ccsc45)C3)cc2)co1. The largest absolute Gasteiger partial charge is 0.449 e. The molecule has 10 heteroatoms. The predicted molar refractivity (Wildman–Crippen MR) is 110 cm³/mol. The minimum atomic E-state index is -3.60. The van der Waals surface area contributed by atoms with E-state index in [1.807, 2.05) is 11.4 Å². The molecule has 0 aliphatic carbocycles. The van der Waals surface area contributed by atoms with Gasteiger partial charge in [0.15, 0.2) is 5.89 Å². The molecule has 29 heavy (non-hydrogen) atoms. The van der Waals surface area contributed by atoms with Gasteiger partial charge in [-0.15, -0.1) is 11.3 Å². The number of oxazole rings is 1. The Labute approximate surface area is 171 Å². The second-order valence-corrected chi connectivity index (χ2v) is 9.46. The van der Waals surface area contributed by atoms with E-state index in [4.69, 9.17) is 4.42 Å². The highest BCUT2D eigenvalue weighted by Crippen LogP contribution is 2.30. The van der Waals surface area contributed by atoms with Gasteiger partial charge in [-0.3, -0.25) is 0 Å². The fourth-order valence-corrected chi connectivity index (χ4v) is 5.40. The second-order valence-electron chi connectivity index (χ2n) is 6.83. The highest BCUT2D eigenvalue weighted by molar-refractivity contribution is 7.89. The van der Waals surface area contributed by atoms with Crippen molar-refractivity contribution in [2.75, 3.05) is 18.0 Å². The summed E-state index contributed by atoms with van der Waals surface area (Å²) in [4.78, 5) is 15.1. The highest BCUT2D eigenvalue weighted by Gasteiger charge is 2.33. The van der Waals surface area contributed by atoms with Crippen LogP contribution in [0.3, 0.4) is 0 Å².